The Hall–Kier alpha value is -1.68. The van der Waals surface area contributed by atoms with E-state index >= 15 is 0 Å². The van der Waals surface area contributed by atoms with E-state index in [1.54, 1.807) is 11.8 Å². The summed E-state index contributed by atoms with van der Waals surface area (Å²) in [5.41, 5.74) is -1.96. The van der Waals surface area contributed by atoms with E-state index in [0.29, 0.717) is 31.7 Å². The first-order valence-electron chi connectivity index (χ1n) is 10.6. The molecule has 6 nitrogen and oxygen atoms in total. The Labute approximate surface area is 180 Å². The average molecular weight is 460 g/mol. The molecule has 3 fully saturated rings. The molecule has 0 N–H and O–H groups in total. The number of sulfonamides is 1. The van der Waals surface area contributed by atoms with E-state index in [0.717, 1.165) is 18.7 Å². The summed E-state index contributed by atoms with van der Waals surface area (Å²) >= 11 is 0. The van der Waals surface area contributed by atoms with Crippen LogP contribution in [0.2, 0.25) is 0 Å². The van der Waals surface area contributed by atoms with Crippen molar-refractivity contribution in [2.24, 2.45) is 16.7 Å². The minimum absolute atomic E-state index is 0.0672. The lowest BCUT2D eigenvalue weighted by Crippen LogP contribution is -2.56. The fraction of sp³-hybridized carbons (Fsp3) is 0.714. The van der Waals surface area contributed by atoms with E-state index in [-0.39, 0.29) is 35.5 Å². The van der Waals surface area contributed by atoms with Crippen LogP contribution in [-0.4, -0.2) is 54.9 Å². The first kappa shape index (κ1) is 22.5. The van der Waals surface area contributed by atoms with Crippen LogP contribution in [0.4, 0.5) is 19.0 Å². The zero-order valence-electron chi connectivity index (χ0n) is 17.9. The number of pyridine rings is 1. The lowest BCUT2D eigenvalue weighted by Gasteiger charge is -2.42. The van der Waals surface area contributed by atoms with Crippen molar-refractivity contribution in [1.82, 2.24) is 9.29 Å². The smallest absolute Gasteiger partial charge is 0.354 e. The second kappa shape index (κ2) is 7.16. The quantitative estimate of drug-likeness (QED) is 0.691. The molecule has 1 unspecified atom stereocenters. The molecule has 2 saturated carbocycles. The zero-order chi connectivity index (χ0) is 22.8. The highest BCUT2D eigenvalue weighted by atomic mass is 32.2. The van der Waals surface area contributed by atoms with Crippen molar-refractivity contribution in [3.05, 3.63) is 23.9 Å². The number of carbonyl (C=O) groups is 1. The van der Waals surface area contributed by atoms with E-state index in [4.69, 9.17) is 0 Å². The lowest BCUT2D eigenvalue weighted by atomic mass is 9.70. The Morgan fingerprint density at radius 2 is 1.94 bits per heavy atom. The molecule has 0 amide bonds. The number of fused-ring (bicyclic) bond motifs is 2. The second-order valence-corrected chi connectivity index (χ2v) is 11.7. The number of nitrogens with zero attached hydrogens (tertiary/aromatic N) is 3. The molecule has 172 valence electrons. The Balaban J connectivity index is 1.48. The van der Waals surface area contributed by atoms with Gasteiger partial charge in [0.15, 0.2) is 0 Å². The molecule has 1 aliphatic heterocycles. The Morgan fingerprint density at radius 1 is 1.23 bits per heavy atom. The predicted molar refractivity (Wildman–Crippen MR) is 110 cm³/mol. The third-order valence-corrected chi connectivity index (χ3v) is 10.0. The summed E-state index contributed by atoms with van der Waals surface area (Å²) in [7, 11) is -3.68. The normalized spacial score (nSPS) is 31.4. The fourth-order valence-corrected chi connectivity index (χ4v) is 8.25. The first-order chi connectivity index (χ1) is 14.3. The third-order valence-electron chi connectivity index (χ3n) is 7.89. The number of anilines is 1. The summed E-state index contributed by atoms with van der Waals surface area (Å²) in [6.45, 7) is 6.68. The van der Waals surface area contributed by atoms with Crippen LogP contribution in [0, 0.1) is 16.7 Å². The van der Waals surface area contributed by atoms with Crippen LogP contribution in [0.5, 0.6) is 0 Å². The van der Waals surface area contributed by atoms with Crippen LogP contribution in [0.15, 0.2) is 18.3 Å². The van der Waals surface area contributed by atoms with Gasteiger partial charge in [0, 0.05) is 43.7 Å². The van der Waals surface area contributed by atoms with Gasteiger partial charge in [-0.05, 0) is 43.2 Å². The highest BCUT2D eigenvalue weighted by molar-refractivity contribution is 7.89. The van der Waals surface area contributed by atoms with Gasteiger partial charge in [-0.3, -0.25) is 4.79 Å². The summed E-state index contributed by atoms with van der Waals surface area (Å²) in [6.07, 6.45) is -1.68. The van der Waals surface area contributed by atoms with Gasteiger partial charge in [-0.1, -0.05) is 13.8 Å². The van der Waals surface area contributed by atoms with Crippen LogP contribution >= 0.6 is 0 Å². The molecule has 2 bridgehead atoms. The van der Waals surface area contributed by atoms with E-state index in [1.165, 1.54) is 10.4 Å². The Morgan fingerprint density at radius 3 is 2.42 bits per heavy atom. The molecular weight excluding hydrogens is 431 g/mol. The molecule has 3 atom stereocenters. The van der Waals surface area contributed by atoms with Crippen LogP contribution in [0.1, 0.15) is 45.6 Å². The van der Waals surface area contributed by atoms with Gasteiger partial charge in [0.05, 0.1) is 11.3 Å². The SMILES string of the molecule is CC1CN(c2ccc(C(F)(F)F)cn2)CCN1S(=O)(=O)C[C@]12CC[C@H](CC1=O)C2(C)C. The van der Waals surface area contributed by atoms with Crippen molar-refractivity contribution in [2.45, 2.75) is 52.3 Å². The third kappa shape index (κ3) is 3.55. The monoisotopic (exact) mass is 459 g/mol. The van der Waals surface area contributed by atoms with Gasteiger partial charge in [0.2, 0.25) is 10.0 Å². The van der Waals surface area contributed by atoms with E-state index < -0.39 is 27.2 Å². The fourth-order valence-electron chi connectivity index (χ4n) is 5.81. The molecular formula is C21H28F3N3O3S. The molecule has 2 heterocycles. The van der Waals surface area contributed by atoms with Crippen molar-refractivity contribution in [2.75, 3.05) is 30.3 Å². The van der Waals surface area contributed by atoms with Crippen LogP contribution < -0.4 is 4.90 Å². The van der Waals surface area contributed by atoms with E-state index in [9.17, 15) is 26.4 Å². The number of ketones is 1. The van der Waals surface area contributed by atoms with Gasteiger partial charge in [-0.2, -0.15) is 17.5 Å². The van der Waals surface area contributed by atoms with Gasteiger partial charge in [0.1, 0.15) is 11.6 Å². The zero-order valence-corrected chi connectivity index (χ0v) is 18.8. The molecule has 1 aromatic heterocycles. The summed E-state index contributed by atoms with van der Waals surface area (Å²) in [5.74, 6) is 0.541. The van der Waals surface area contributed by atoms with Gasteiger partial charge < -0.3 is 4.90 Å². The molecule has 4 rings (SSSR count). The number of piperazine rings is 1. The van der Waals surface area contributed by atoms with Crippen molar-refractivity contribution < 1.29 is 26.4 Å². The van der Waals surface area contributed by atoms with Crippen molar-refractivity contribution in [1.29, 1.82) is 0 Å². The van der Waals surface area contributed by atoms with Gasteiger partial charge in [-0.15, -0.1) is 0 Å². The van der Waals surface area contributed by atoms with Crippen LogP contribution in [-0.2, 0) is 21.0 Å². The van der Waals surface area contributed by atoms with E-state index in [2.05, 4.69) is 4.98 Å². The van der Waals surface area contributed by atoms with E-state index in [1.807, 2.05) is 13.8 Å². The average Bonchev–Trinajstić information content (AvgIpc) is 3.01. The number of hydrogen-bond donors (Lipinski definition) is 0. The first-order valence-corrected chi connectivity index (χ1v) is 12.2. The second-order valence-electron chi connectivity index (χ2n) is 9.73. The van der Waals surface area contributed by atoms with Crippen LogP contribution in [0.3, 0.4) is 0 Å². The summed E-state index contributed by atoms with van der Waals surface area (Å²) < 4.78 is 66.5. The Kier molecular flexibility index (Phi) is 5.20. The molecule has 1 saturated heterocycles. The highest BCUT2D eigenvalue weighted by Crippen LogP contribution is 2.64. The minimum atomic E-state index is -4.45. The van der Waals surface area contributed by atoms with Crippen LogP contribution in [0.25, 0.3) is 0 Å². The molecule has 0 radical (unpaired) electrons. The number of carbonyl (C=O) groups excluding carboxylic acids is 1. The van der Waals surface area contributed by atoms with Crippen molar-refractivity contribution in [3.8, 4) is 0 Å². The molecule has 1 aromatic rings. The number of Topliss-reactive ketones (excluding diaryl/α,β-unsaturated/α-hetero) is 1. The number of alkyl halides is 3. The maximum Gasteiger partial charge on any atom is 0.417 e. The largest absolute Gasteiger partial charge is 0.417 e. The summed E-state index contributed by atoms with van der Waals surface area (Å²) in [6, 6.07) is 1.92. The minimum Gasteiger partial charge on any atom is -0.354 e. The Bertz CT molecular complexity index is 978. The maximum atomic E-state index is 13.4. The van der Waals surface area contributed by atoms with Gasteiger partial charge >= 0.3 is 6.18 Å². The number of rotatable bonds is 4. The van der Waals surface area contributed by atoms with Gasteiger partial charge in [-0.25, -0.2) is 13.4 Å². The molecule has 2 aliphatic carbocycles. The highest BCUT2D eigenvalue weighted by Gasteiger charge is 2.65. The molecule has 31 heavy (non-hydrogen) atoms. The lowest BCUT2D eigenvalue weighted by molar-refractivity contribution is -0.137. The maximum absolute atomic E-state index is 13.4. The predicted octanol–water partition coefficient (Wildman–Crippen LogP) is 3.34. The van der Waals surface area contributed by atoms with Gasteiger partial charge in [0.25, 0.3) is 0 Å². The molecule has 0 aromatic carbocycles. The molecule has 3 aliphatic rings. The summed E-state index contributed by atoms with van der Waals surface area (Å²) in [5, 5.41) is 0. The molecule has 0 spiro atoms. The number of hydrogen-bond acceptors (Lipinski definition) is 5. The molecule has 10 heteroatoms. The van der Waals surface area contributed by atoms with Crippen molar-refractivity contribution >= 4 is 21.6 Å². The number of aromatic nitrogens is 1. The standard InChI is InChI=1S/C21H28F3N3O3S/c1-14-12-26(18-5-4-16(11-25-18)21(22,23)24)8-9-27(14)31(29,30)13-20-7-6-15(10-17(20)28)19(20,2)3/h4-5,11,14-15H,6-10,12-13H2,1-3H3/t14?,15-,20-/m1/s1. The van der Waals surface area contributed by atoms with Crippen molar-refractivity contribution in [3.63, 3.8) is 0 Å². The summed E-state index contributed by atoms with van der Waals surface area (Å²) in [4.78, 5) is 18.5. The number of halogens is 3. The topological polar surface area (TPSA) is 70.6 Å².